The first kappa shape index (κ1) is 20.7. The van der Waals surface area contributed by atoms with Crippen LogP contribution < -0.4 is 5.32 Å². The topological polar surface area (TPSA) is 96.7 Å². The summed E-state index contributed by atoms with van der Waals surface area (Å²) in [6.45, 7) is 3.94. The van der Waals surface area contributed by atoms with E-state index in [0.717, 1.165) is 36.8 Å². The molecule has 1 N–H and O–H groups in total. The summed E-state index contributed by atoms with van der Waals surface area (Å²) in [5.74, 6) is 0.617. The first-order valence-electron chi connectivity index (χ1n) is 10.9. The van der Waals surface area contributed by atoms with Crippen molar-refractivity contribution in [1.29, 1.82) is 0 Å². The Kier molecular flexibility index (Phi) is 5.21. The summed E-state index contributed by atoms with van der Waals surface area (Å²) >= 11 is 0. The van der Waals surface area contributed by atoms with E-state index in [1.807, 2.05) is 39.8 Å². The van der Waals surface area contributed by atoms with E-state index < -0.39 is 10.0 Å². The van der Waals surface area contributed by atoms with E-state index >= 15 is 0 Å². The molecule has 1 aromatic heterocycles. The number of nitrogens with one attached hydrogen (secondary N) is 1. The molecule has 32 heavy (non-hydrogen) atoms. The maximum absolute atomic E-state index is 13.2. The van der Waals surface area contributed by atoms with Crippen LogP contribution in [0.3, 0.4) is 0 Å². The number of aromatic nitrogens is 2. The van der Waals surface area contributed by atoms with Gasteiger partial charge in [-0.1, -0.05) is 31.2 Å². The van der Waals surface area contributed by atoms with Gasteiger partial charge < -0.3 is 9.47 Å². The van der Waals surface area contributed by atoms with Crippen LogP contribution in [0.25, 0.3) is 11.0 Å². The molecule has 5 rings (SSSR count). The molecule has 0 radical (unpaired) electrons. The Morgan fingerprint density at radius 3 is 2.78 bits per heavy atom. The van der Waals surface area contributed by atoms with Crippen LogP contribution >= 0.6 is 0 Å². The van der Waals surface area contributed by atoms with E-state index in [-0.39, 0.29) is 16.7 Å². The largest absolute Gasteiger partial charge is 0.355 e. The third kappa shape index (κ3) is 3.56. The zero-order valence-electron chi connectivity index (χ0n) is 17.9. The van der Waals surface area contributed by atoms with Crippen LogP contribution in [0.15, 0.2) is 57.8 Å². The SMILES string of the molecule is CCCn1c(NC(=O)[C@H]2CCCN(C3=NS(=O)(=O)c4ccccc43)C2)nc2ccccc21. The van der Waals surface area contributed by atoms with Crippen molar-refractivity contribution in [1.82, 2.24) is 14.5 Å². The highest BCUT2D eigenvalue weighted by molar-refractivity contribution is 7.90. The summed E-state index contributed by atoms with van der Waals surface area (Å²) in [5.41, 5.74) is 2.46. The number of piperidine rings is 1. The lowest BCUT2D eigenvalue weighted by Gasteiger charge is -2.33. The second kappa shape index (κ2) is 8.05. The van der Waals surface area contributed by atoms with Gasteiger partial charge in [0.15, 0.2) is 5.84 Å². The number of likely N-dealkylation sites (tertiary alicyclic amines) is 1. The molecule has 2 aliphatic heterocycles. The van der Waals surface area contributed by atoms with Gasteiger partial charge in [0.05, 0.1) is 17.0 Å². The van der Waals surface area contributed by atoms with Gasteiger partial charge in [0, 0.05) is 25.2 Å². The van der Waals surface area contributed by atoms with Crippen molar-refractivity contribution < 1.29 is 13.2 Å². The van der Waals surface area contributed by atoms with E-state index in [9.17, 15) is 13.2 Å². The molecule has 2 aromatic carbocycles. The predicted octanol–water partition coefficient (Wildman–Crippen LogP) is 3.25. The number of aryl methyl sites for hydroxylation is 1. The number of carbonyl (C=O) groups excluding carboxylic acids is 1. The van der Waals surface area contributed by atoms with Crippen molar-refractivity contribution in [3.05, 3.63) is 54.1 Å². The molecule has 0 bridgehead atoms. The van der Waals surface area contributed by atoms with Gasteiger partial charge >= 0.3 is 0 Å². The lowest BCUT2D eigenvalue weighted by atomic mass is 9.96. The van der Waals surface area contributed by atoms with Gasteiger partial charge in [-0.15, -0.1) is 4.40 Å². The Hall–Kier alpha value is -3.20. The molecule has 3 aromatic rings. The van der Waals surface area contributed by atoms with Gasteiger partial charge in [0.25, 0.3) is 10.0 Å². The molecule has 0 spiro atoms. The number of rotatable bonds is 4. The van der Waals surface area contributed by atoms with Crippen LogP contribution in [0.4, 0.5) is 5.95 Å². The zero-order chi connectivity index (χ0) is 22.3. The fourth-order valence-corrected chi connectivity index (χ4v) is 5.76. The molecule has 3 heterocycles. The highest BCUT2D eigenvalue weighted by Crippen LogP contribution is 2.30. The summed E-state index contributed by atoms with van der Waals surface area (Å²) < 4.78 is 30.9. The number of hydrogen-bond acceptors (Lipinski definition) is 5. The number of anilines is 1. The Morgan fingerprint density at radius 1 is 1.16 bits per heavy atom. The number of carbonyl (C=O) groups is 1. The molecule has 1 saturated heterocycles. The summed E-state index contributed by atoms with van der Waals surface area (Å²) in [6, 6.07) is 14.7. The molecule has 8 nitrogen and oxygen atoms in total. The minimum atomic E-state index is -3.68. The van der Waals surface area contributed by atoms with Crippen molar-refractivity contribution in [2.45, 2.75) is 37.6 Å². The van der Waals surface area contributed by atoms with E-state index in [1.54, 1.807) is 18.2 Å². The van der Waals surface area contributed by atoms with E-state index in [1.165, 1.54) is 0 Å². The first-order chi connectivity index (χ1) is 15.5. The quantitative estimate of drug-likeness (QED) is 0.657. The number of amides is 1. The molecule has 0 aliphatic carbocycles. The highest BCUT2D eigenvalue weighted by atomic mass is 32.2. The van der Waals surface area contributed by atoms with Gasteiger partial charge in [-0.05, 0) is 43.5 Å². The molecule has 166 valence electrons. The molecule has 2 aliphatic rings. The van der Waals surface area contributed by atoms with Crippen LogP contribution in [0.1, 0.15) is 31.7 Å². The third-order valence-electron chi connectivity index (χ3n) is 6.04. The third-order valence-corrected chi connectivity index (χ3v) is 7.37. The fourth-order valence-electron chi connectivity index (χ4n) is 4.53. The first-order valence-corrected chi connectivity index (χ1v) is 12.4. The number of hydrogen-bond donors (Lipinski definition) is 1. The molecule has 1 fully saturated rings. The molecule has 1 atom stereocenters. The Balaban J connectivity index is 1.38. The van der Waals surface area contributed by atoms with Crippen LogP contribution in [0, 0.1) is 5.92 Å². The van der Waals surface area contributed by atoms with Gasteiger partial charge in [-0.3, -0.25) is 10.1 Å². The smallest absolute Gasteiger partial charge is 0.285 e. The maximum Gasteiger partial charge on any atom is 0.285 e. The Morgan fingerprint density at radius 2 is 1.94 bits per heavy atom. The van der Waals surface area contributed by atoms with Crippen molar-refractivity contribution in [2.24, 2.45) is 10.3 Å². The second-order valence-electron chi connectivity index (χ2n) is 8.24. The second-order valence-corrected chi connectivity index (χ2v) is 9.81. The van der Waals surface area contributed by atoms with Crippen LogP contribution in [0.2, 0.25) is 0 Å². The van der Waals surface area contributed by atoms with Gasteiger partial charge in [0.1, 0.15) is 4.90 Å². The molecule has 0 saturated carbocycles. The number of amidine groups is 1. The highest BCUT2D eigenvalue weighted by Gasteiger charge is 2.35. The predicted molar refractivity (Wildman–Crippen MR) is 123 cm³/mol. The van der Waals surface area contributed by atoms with Crippen LogP contribution in [-0.2, 0) is 21.4 Å². The summed E-state index contributed by atoms with van der Waals surface area (Å²) in [7, 11) is -3.68. The lowest BCUT2D eigenvalue weighted by Crippen LogP contribution is -2.44. The van der Waals surface area contributed by atoms with Crippen LogP contribution in [-0.4, -0.2) is 47.7 Å². The molecule has 1 amide bonds. The van der Waals surface area contributed by atoms with Gasteiger partial charge in [-0.25, -0.2) is 4.98 Å². The van der Waals surface area contributed by atoms with E-state index in [0.29, 0.717) is 30.4 Å². The monoisotopic (exact) mass is 451 g/mol. The number of sulfonamides is 1. The standard InChI is InChI=1S/C23H25N5O3S/c1-2-13-28-19-11-5-4-10-18(19)24-23(28)25-22(29)16-8-7-14-27(15-16)21-17-9-3-6-12-20(17)32(30,31)26-21/h3-6,9-12,16H,2,7-8,13-15H2,1H3,(H,24,25,29)/t16-/m0/s1. The number of benzene rings is 2. The van der Waals surface area contributed by atoms with E-state index in [2.05, 4.69) is 21.6 Å². The maximum atomic E-state index is 13.2. The Labute approximate surface area is 187 Å². The van der Waals surface area contributed by atoms with Crippen molar-refractivity contribution in [3.8, 4) is 0 Å². The average molecular weight is 452 g/mol. The minimum Gasteiger partial charge on any atom is -0.355 e. The molecule has 0 unspecified atom stereocenters. The van der Waals surface area contributed by atoms with Gasteiger partial charge in [-0.2, -0.15) is 8.42 Å². The summed E-state index contributed by atoms with van der Waals surface area (Å²) in [5, 5.41) is 3.03. The number of imidazole rings is 1. The van der Waals surface area contributed by atoms with E-state index in [4.69, 9.17) is 0 Å². The minimum absolute atomic E-state index is 0.0999. The molecular formula is C23H25N5O3S. The summed E-state index contributed by atoms with van der Waals surface area (Å²) in [6.07, 6.45) is 2.44. The number of fused-ring (bicyclic) bond motifs is 2. The van der Waals surface area contributed by atoms with Gasteiger partial charge in [0.2, 0.25) is 11.9 Å². The molecular weight excluding hydrogens is 426 g/mol. The fraction of sp³-hybridized carbons (Fsp3) is 0.348. The van der Waals surface area contributed by atoms with Crippen molar-refractivity contribution in [3.63, 3.8) is 0 Å². The zero-order valence-corrected chi connectivity index (χ0v) is 18.7. The number of para-hydroxylation sites is 2. The number of nitrogens with zero attached hydrogens (tertiary/aromatic N) is 4. The summed E-state index contributed by atoms with van der Waals surface area (Å²) in [4.78, 5) is 20.0. The normalized spacial score (nSPS) is 19.6. The lowest BCUT2D eigenvalue weighted by molar-refractivity contribution is -0.121. The average Bonchev–Trinajstić information content (AvgIpc) is 3.29. The Bertz CT molecular complexity index is 1330. The molecule has 9 heteroatoms. The van der Waals surface area contributed by atoms with Crippen molar-refractivity contribution >= 4 is 38.7 Å². The van der Waals surface area contributed by atoms with Crippen LogP contribution in [0.5, 0.6) is 0 Å². The van der Waals surface area contributed by atoms with Crippen molar-refractivity contribution in [2.75, 3.05) is 18.4 Å².